The molecule has 7 atom stereocenters. The van der Waals surface area contributed by atoms with E-state index in [9.17, 15) is 27.9 Å². The van der Waals surface area contributed by atoms with Gasteiger partial charge in [-0.15, -0.1) is 0 Å². The molecule has 0 radical (unpaired) electrons. The molecule has 1 saturated heterocycles. The molecule has 4 amide bonds. The molecule has 19 heteroatoms. The number of pyridine rings is 2. The highest BCUT2D eigenvalue weighted by atomic mass is 32.2. The van der Waals surface area contributed by atoms with E-state index in [1.807, 2.05) is 32.9 Å². The van der Waals surface area contributed by atoms with E-state index in [0.29, 0.717) is 77.6 Å². The van der Waals surface area contributed by atoms with Crippen LogP contribution in [0.15, 0.2) is 54.7 Å². The second kappa shape index (κ2) is 18.8. The number of allylic oxidation sites excluding steroid dienone is 1. The van der Waals surface area contributed by atoms with Gasteiger partial charge in [0.05, 0.1) is 42.6 Å². The Labute approximate surface area is 390 Å². The van der Waals surface area contributed by atoms with Gasteiger partial charge in [0.25, 0.3) is 11.8 Å². The minimum absolute atomic E-state index is 0.0787. The Bertz CT molecular complexity index is 2510. The van der Waals surface area contributed by atoms with Crippen LogP contribution < -0.4 is 24.2 Å². The number of nitrogens with one attached hydrogen (secondary N) is 2. The van der Waals surface area contributed by atoms with Crippen LogP contribution in [0.2, 0.25) is 0 Å². The van der Waals surface area contributed by atoms with Crippen LogP contribution in [0, 0.1) is 17.8 Å². The molecule has 2 aliphatic carbocycles. The molecule has 2 aromatic heterocycles. The number of benzene rings is 1. The molecule has 67 heavy (non-hydrogen) atoms. The van der Waals surface area contributed by atoms with Crippen molar-refractivity contribution in [2.45, 2.75) is 146 Å². The van der Waals surface area contributed by atoms with Crippen LogP contribution in [0.25, 0.3) is 22.2 Å². The monoisotopic (exact) mass is 952 g/mol. The number of halogens is 2. The van der Waals surface area contributed by atoms with Crippen LogP contribution in [-0.2, 0) is 24.4 Å². The summed E-state index contributed by atoms with van der Waals surface area (Å²) in [6, 6.07) is 7.46. The van der Waals surface area contributed by atoms with E-state index in [-0.39, 0.29) is 43.7 Å². The van der Waals surface area contributed by atoms with E-state index >= 15 is 13.6 Å². The Balaban J connectivity index is 1.32. The summed E-state index contributed by atoms with van der Waals surface area (Å²) in [5.41, 5.74) is -3.20. The van der Waals surface area contributed by atoms with Crippen LogP contribution >= 0.6 is 0 Å². The van der Waals surface area contributed by atoms with Crippen molar-refractivity contribution in [3.8, 4) is 28.8 Å². The number of methoxy groups -OCH3 is 1. The number of carboxylic acid groups (broad SMARTS) is 1. The number of aromatic nitrogens is 2. The number of hydrogen-bond acceptors (Lipinski definition) is 11. The van der Waals surface area contributed by atoms with E-state index < -0.39 is 86.1 Å². The molecule has 364 valence electrons. The van der Waals surface area contributed by atoms with Crippen molar-refractivity contribution in [3.63, 3.8) is 0 Å². The first-order valence-electron chi connectivity index (χ1n) is 23.0. The summed E-state index contributed by atoms with van der Waals surface area (Å²) < 4.78 is 77.6. The minimum atomic E-state index is -4.03. The van der Waals surface area contributed by atoms with E-state index in [1.165, 1.54) is 12.0 Å². The van der Waals surface area contributed by atoms with Gasteiger partial charge < -0.3 is 29.5 Å². The molecule has 0 spiro atoms. The minimum Gasteiger partial charge on any atom is -0.497 e. The standard InChI is InChI=1S/C48H62F2N6O10S/c1-9-29-20-28(4)12-10-11-13-31-24-48(31,44(59)54-67(62,63)35-16-17-35)53-41(57)39-23-34(26-55(39)43(58)40(29)56(45(60)61)46(5,6)47(7,49)50)66-42-36-18-14-32(64-8)21-30(36)22-38(52-42)37-19-15-33(25-51-37)65-27(2)3/h11,13-15,18-19,21-22,25,27-29,31,34-35,39-40H,9-10,12,16-17,20,23-24,26H2,1-8H3,(H,53,57)(H,54,59)(H,60,61)/t28-,29+,31+,34+,39-,40-,48+/m0/s1. The number of ether oxygens (including phenoxy) is 3. The fourth-order valence-electron chi connectivity index (χ4n) is 9.33. The summed E-state index contributed by atoms with van der Waals surface area (Å²) in [6.07, 6.45) is 4.71. The van der Waals surface area contributed by atoms with Gasteiger partial charge in [0.1, 0.15) is 40.8 Å². The topological polar surface area (TPSA) is 207 Å². The molecular weight excluding hydrogens is 891 g/mol. The number of alkyl halides is 2. The van der Waals surface area contributed by atoms with Crippen molar-refractivity contribution in [1.29, 1.82) is 0 Å². The predicted octanol–water partition coefficient (Wildman–Crippen LogP) is 7.11. The summed E-state index contributed by atoms with van der Waals surface area (Å²) in [5, 5.41) is 14.1. The van der Waals surface area contributed by atoms with Crippen LogP contribution in [0.3, 0.4) is 0 Å². The number of sulfonamides is 1. The number of carbonyl (C=O) groups is 4. The molecule has 3 fully saturated rings. The second-order valence-electron chi connectivity index (χ2n) is 19.4. The summed E-state index contributed by atoms with van der Waals surface area (Å²) in [6.45, 7) is 9.96. The van der Waals surface area contributed by atoms with Gasteiger partial charge >= 0.3 is 6.09 Å². The highest BCUT2D eigenvalue weighted by Gasteiger charge is 2.63. The normalized spacial score (nSPS) is 26.2. The van der Waals surface area contributed by atoms with Crippen molar-refractivity contribution in [1.82, 2.24) is 29.8 Å². The van der Waals surface area contributed by atoms with Crippen LogP contribution in [0.1, 0.15) is 99.8 Å². The Morgan fingerprint density at radius 2 is 1.78 bits per heavy atom. The Morgan fingerprint density at radius 3 is 2.39 bits per heavy atom. The predicted molar refractivity (Wildman–Crippen MR) is 245 cm³/mol. The average molecular weight is 953 g/mol. The lowest BCUT2D eigenvalue weighted by Gasteiger charge is -2.47. The van der Waals surface area contributed by atoms with Gasteiger partial charge in [-0.25, -0.2) is 27.0 Å². The molecule has 3 aromatic rings. The first kappa shape index (κ1) is 49.3. The van der Waals surface area contributed by atoms with Gasteiger partial charge in [-0.2, -0.15) is 0 Å². The molecule has 7 rings (SSSR count). The summed E-state index contributed by atoms with van der Waals surface area (Å²) in [5.74, 6) is -6.48. The van der Waals surface area contributed by atoms with Gasteiger partial charge in [0.2, 0.25) is 27.7 Å². The van der Waals surface area contributed by atoms with Crippen molar-refractivity contribution in [2.24, 2.45) is 17.8 Å². The zero-order valence-electron chi connectivity index (χ0n) is 39.3. The molecule has 1 aromatic carbocycles. The Hall–Kier alpha value is -5.59. The maximum Gasteiger partial charge on any atom is 0.408 e. The van der Waals surface area contributed by atoms with E-state index in [1.54, 1.807) is 49.5 Å². The third-order valence-electron chi connectivity index (χ3n) is 13.7. The number of fused-ring (bicyclic) bond motifs is 3. The van der Waals surface area contributed by atoms with Crippen LogP contribution in [-0.4, -0.2) is 117 Å². The quantitative estimate of drug-likeness (QED) is 0.147. The zero-order chi connectivity index (χ0) is 48.8. The molecule has 2 saturated carbocycles. The number of rotatable bonds is 13. The lowest BCUT2D eigenvalue weighted by Crippen LogP contribution is -2.67. The SMILES string of the molecule is CC[C@@H]1C[C@@H](C)CCC=C[C@@H]2C[C@@]2(C(=O)NS(=O)(=O)C2CC2)NC(=O)[C@@H]2C[C@@H](Oc3nc(-c4ccc(OC(C)C)cn4)cc4cc(OC)ccc34)CN2C(=O)[C@H]1N(C(=O)O)C(C)(C)C(C)(F)F. The number of carbonyl (C=O) groups excluding carboxylic acids is 3. The van der Waals surface area contributed by atoms with Gasteiger partial charge in [-0.05, 0) is 120 Å². The van der Waals surface area contributed by atoms with Crippen molar-refractivity contribution < 1.29 is 55.7 Å². The average Bonchev–Trinajstić information content (AvgIpc) is 4.19. The molecule has 3 N–H and O–H groups in total. The molecule has 0 unspecified atom stereocenters. The summed E-state index contributed by atoms with van der Waals surface area (Å²) >= 11 is 0. The van der Waals surface area contributed by atoms with Crippen LogP contribution in [0.5, 0.6) is 17.4 Å². The Kier molecular flexibility index (Phi) is 13.9. The van der Waals surface area contributed by atoms with Gasteiger partial charge in [0, 0.05) is 24.6 Å². The number of amides is 4. The van der Waals surface area contributed by atoms with Crippen molar-refractivity contribution >= 4 is 44.6 Å². The summed E-state index contributed by atoms with van der Waals surface area (Å²) in [4.78, 5) is 69.0. The first-order valence-corrected chi connectivity index (χ1v) is 24.6. The molecule has 4 aliphatic rings. The molecule has 2 aliphatic heterocycles. The third-order valence-corrected chi connectivity index (χ3v) is 15.6. The Morgan fingerprint density at radius 1 is 1.06 bits per heavy atom. The van der Waals surface area contributed by atoms with Gasteiger partial charge in [0.15, 0.2) is 0 Å². The highest BCUT2D eigenvalue weighted by Crippen LogP contribution is 2.47. The summed E-state index contributed by atoms with van der Waals surface area (Å²) in [7, 11) is -2.50. The lowest BCUT2D eigenvalue weighted by molar-refractivity contribution is -0.157. The zero-order valence-corrected chi connectivity index (χ0v) is 40.1. The maximum atomic E-state index is 15.6. The second-order valence-corrected chi connectivity index (χ2v) is 21.4. The smallest absolute Gasteiger partial charge is 0.408 e. The number of nitrogens with zero attached hydrogens (tertiary/aromatic N) is 4. The van der Waals surface area contributed by atoms with E-state index in [0.717, 1.165) is 13.8 Å². The fourth-order valence-corrected chi connectivity index (χ4v) is 10.7. The largest absolute Gasteiger partial charge is 0.497 e. The van der Waals surface area contributed by atoms with E-state index in [4.69, 9.17) is 19.2 Å². The van der Waals surface area contributed by atoms with Gasteiger partial charge in [-0.1, -0.05) is 32.4 Å². The van der Waals surface area contributed by atoms with Crippen LogP contribution in [0.4, 0.5) is 13.6 Å². The molecule has 4 heterocycles. The van der Waals surface area contributed by atoms with Crippen molar-refractivity contribution in [2.75, 3.05) is 13.7 Å². The van der Waals surface area contributed by atoms with Gasteiger partial charge in [-0.3, -0.25) is 29.0 Å². The van der Waals surface area contributed by atoms with Crippen molar-refractivity contribution in [3.05, 3.63) is 54.7 Å². The maximum absolute atomic E-state index is 15.6. The molecular formula is C48H62F2N6O10S. The molecule has 16 nitrogen and oxygen atoms in total. The molecule has 0 bridgehead atoms. The lowest BCUT2D eigenvalue weighted by atomic mass is 9.81. The fraction of sp³-hybridized carbons (Fsp3) is 0.583. The highest BCUT2D eigenvalue weighted by molar-refractivity contribution is 7.91. The first-order chi connectivity index (χ1) is 31.5. The third kappa shape index (κ3) is 10.3. The van der Waals surface area contributed by atoms with E-state index in [2.05, 4.69) is 15.0 Å². The number of hydrogen-bond donors (Lipinski definition) is 3.